The molecule has 0 aromatic heterocycles. The number of fused-ring (bicyclic) bond motifs is 5. The number of rotatable bonds is 4. The average Bonchev–Trinajstić information content (AvgIpc) is 2.97. The van der Waals surface area contributed by atoms with E-state index in [4.69, 9.17) is 0 Å². The number of hydrogen-bond acceptors (Lipinski definition) is 5. The van der Waals surface area contributed by atoms with Gasteiger partial charge in [0.25, 0.3) is 5.91 Å². The molecule has 4 rings (SSSR count). The van der Waals surface area contributed by atoms with Crippen molar-refractivity contribution in [1.29, 1.82) is 0 Å². The summed E-state index contributed by atoms with van der Waals surface area (Å²) in [7, 11) is 0. The molecule has 1 amide bonds. The van der Waals surface area contributed by atoms with E-state index >= 15 is 0 Å². The average molecular weight is 418 g/mol. The monoisotopic (exact) mass is 417 g/mol. The Balaban J connectivity index is 1.66. The second kappa shape index (κ2) is 7.28. The second-order valence-electron chi connectivity index (χ2n) is 10.4. The molecule has 0 saturated heterocycles. The first kappa shape index (κ1) is 21.7. The van der Waals surface area contributed by atoms with Gasteiger partial charge in [-0.3, -0.25) is 9.59 Å². The van der Waals surface area contributed by atoms with Crippen LogP contribution in [0, 0.1) is 28.6 Å². The van der Waals surface area contributed by atoms with Crippen molar-refractivity contribution in [2.45, 2.75) is 77.1 Å². The van der Waals surface area contributed by atoms with Crippen LogP contribution in [0.4, 0.5) is 0 Å². The molecule has 8 atom stereocenters. The molecule has 30 heavy (non-hydrogen) atoms. The first-order chi connectivity index (χ1) is 14.1. The van der Waals surface area contributed by atoms with Crippen molar-refractivity contribution in [3.8, 4) is 0 Å². The summed E-state index contributed by atoms with van der Waals surface area (Å²) in [5.41, 5.74) is -1.58. The molecule has 4 aliphatic rings. The Hall–Kier alpha value is -1.50. The van der Waals surface area contributed by atoms with E-state index in [9.17, 15) is 24.9 Å². The fourth-order valence-electron chi connectivity index (χ4n) is 7.37. The highest BCUT2D eigenvalue weighted by Crippen LogP contribution is 2.67. The first-order valence-corrected chi connectivity index (χ1v) is 11.4. The molecule has 0 bridgehead atoms. The van der Waals surface area contributed by atoms with Gasteiger partial charge in [0.05, 0.1) is 6.10 Å². The van der Waals surface area contributed by atoms with Gasteiger partial charge in [-0.25, -0.2) is 0 Å². The summed E-state index contributed by atoms with van der Waals surface area (Å²) >= 11 is 0. The number of carbonyl (C=O) groups excluding carboxylic acids is 2. The summed E-state index contributed by atoms with van der Waals surface area (Å²) in [4.78, 5) is 24.4. The van der Waals surface area contributed by atoms with Crippen LogP contribution in [0.5, 0.6) is 0 Å². The Morgan fingerprint density at radius 2 is 2.07 bits per heavy atom. The minimum Gasteiger partial charge on any atom is -0.393 e. The molecule has 4 aliphatic carbocycles. The zero-order valence-electron chi connectivity index (χ0n) is 18.2. The molecule has 0 aromatic rings. The van der Waals surface area contributed by atoms with Gasteiger partial charge in [0, 0.05) is 23.3 Å². The van der Waals surface area contributed by atoms with Crippen LogP contribution in [0.25, 0.3) is 0 Å². The van der Waals surface area contributed by atoms with Crippen LogP contribution in [0.1, 0.15) is 59.3 Å². The van der Waals surface area contributed by atoms with Crippen molar-refractivity contribution in [2.75, 3.05) is 6.54 Å². The van der Waals surface area contributed by atoms with Gasteiger partial charge in [-0.2, -0.15) is 0 Å². The van der Waals surface area contributed by atoms with Crippen LogP contribution < -0.4 is 5.32 Å². The topological polar surface area (TPSA) is 107 Å². The molecule has 0 aliphatic heterocycles. The SMILES string of the molecule is CCCNC(=O)[C@H](O)[C@@]1(O)CC[C@H]2[C@@H]3CCC4=CC(=O)C=C[C@]4(C)[C@H]3[C@@H](O)C[C@@]21C. The largest absolute Gasteiger partial charge is 0.393 e. The van der Waals surface area contributed by atoms with Crippen LogP contribution in [0.2, 0.25) is 0 Å². The lowest BCUT2D eigenvalue weighted by atomic mass is 9.46. The third kappa shape index (κ3) is 2.87. The molecule has 166 valence electrons. The Kier molecular flexibility index (Phi) is 5.27. The Bertz CT molecular complexity index is 805. The summed E-state index contributed by atoms with van der Waals surface area (Å²) in [6.45, 7) is 6.44. The second-order valence-corrected chi connectivity index (χ2v) is 10.4. The minimum absolute atomic E-state index is 0.00696. The van der Waals surface area contributed by atoms with Crippen molar-refractivity contribution < 1.29 is 24.9 Å². The van der Waals surface area contributed by atoms with Gasteiger partial charge < -0.3 is 20.6 Å². The zero-order valence-corrected chi connectivity index (χ0v) is 18.2. The predicted octanol–water partition coefficient (Wildman–Crippen LogP) is 1.88. The van der Waals surface area contributed by atoms with E-state index < -0.39 is 29.1 Å². The van der Waals surface area contributed by atoms with Crippen molar-refractivity contribution in [3.63, 3.8) is 0 Å². The maximum atomic E-state index is 12.5. The van der Waals surface area contributed by atoms with E-state index in [2.05, 4.69) is 12.2 Å². The molecule has 6 heteroatoms. The summed E-state index contributed by atoms with van der Waals surface area (Å²) in [5, 5.41) is 36.5. The number of ketones is 1. The standard InChI is InChI=1S/C24H35NO5/c1-4-11-25-21(29)20(28)24(30)10-8-17-16-6-5-14-12-15(26)7-9-22(14,2)19(16)18(27)13-23(17,24)3/h7,9,12,16-20,27-28,30H,4-6,8,10-11,13H2,1-3H3,(H,25,29)/t16-,17-,18-,19+,20-,22-,23-,24-/m0/s1. The van der Waals surface area contributed by atoms with Gasteiger partial charge in [0.1, 0.15) is 5.60 Å². The maximum absolute atomic E-state index is 12.5. The number of amides is 1. The quantitative estimate of drug-likeness (QED) is 0.559. The molecule has 6 nitrogen and oxygen atoms in total. The molecule has 4 N–H and O–H groups in total. The molecule has 0 aromatic carbocycles. The van der Waals surface area contributed by atoms with Gasteiger partial charge in [-0.1, -0.05) is 32.4 Å². The number of carbonyl (C=O) groups is 2. The molecule has 0 heterocycles. The molecule has 3 saturated carbocycles. The lowest BCUT2D eigenvalue weighted by Gasteiger charge is -2.60. The minimum atomic E-state index is -1.56. The number of allylic oxidation sites excluding steroid dienone is 4. The van der Waals surface area contributed by atoms with E-state index in [1.807, 2.05) is 19.9 Å². The normalized spacial score (nSPS) is 45.8. The van der Waals surface area contributed by atoms with E-state index in [1.54, 1.807) is 12.2 Å². The summed E-state index contributed by atoms with van der Waals surface area (Å²) in [6, 6.07) is 0. The highest BCUT2D eigenvalue weighted by atomic mass is 16.4. The molecule has 3 fully saturated rings. The predicted molar refractivity (Wildman–Crippen MR) is 112 cm³/mol. The van der Waals surface area contributed by atoms with Crippen LogP contribution in [0.15, 0.2) is 23.8 Å². The van der Waals surface area contributed by atoms with Crippen molar-refractivity contribution in [3.05, 3.63) is 23.8 Å². The van der Waals surface area contributed by atoms with Gasteiger partial charge in [-0.15, -0.1) is 0 Å². The van der Waals surface area contributed by atoms with Crippen LogP contribution in [-0.2, 0) is 9.59 Å². The third-order valence-corrected chi connectivity index (χ3v) is 8.96. The molecule has 0 spiro atoms. The number of aliphatic hydroxyl groups is 3. The van der Waals surface area contributed by atoms with Gasteiger partial charge in [-0.05, 0) is 62.5 Å². The summed E-state index contributed by atoms with van der Waals surface area (Å²) in [5.74, 6) is -0.291. The van der Waals surface area contributed by atoms with E-state index in [-0.39, 0.29) is 29.0 Å². The maximum Gasteiger partial charge on any atom is 0.251 e. The fourth-order valence-corrected chi connectivity index (χ4v) is 7.37. The van der Waals surface area contributed by atoms with Crippen LogP contribution in [-0.4, -0.2) is 51.4 Å². The van der Waals surface area contributed by atoms with Crippen molar-refractivity contribution >= 4 is 11.7 Å². The highest BCUT2D eigenvalue weighted by Gasteiger charge is 2.68. The number of aliphatic hydroxyl groups excluding tert-OH is 2. The summed E-state index contributed by atoms with van der Waals surface area (Å²) in [6.07, 6.45) is 6.90. The first-order valence-electron chi connectivity index (χ1n) is 11.4. The smallest absolute Gasteiger partial charge is 0.251 e. The van der Waals surface area contributed by atoms with Crippen molar-refractivity contribution in [1.82, 2.24) is 5.32 Å². The fraction of sp³-hybridized carbons (Fsp3) is 0.750. The molecule has 0 radical (unpaired) electrons. The van der Waals surface area contributed by atoms with E-state index in [1.165, 1.54) is 0 Å². The van der Waals surface area contributed by atoms with E-state index in [0.717, 1.165) is 31.3 Å². The van der Waals surface area contributed by atoms with Crippen LogP contribution >= 0.6 is 0 Å². The summed E-state index contributed by atoms with van der Waals surface area (Å²) < 4.78 is 0. The van der Waals surface area contributed by atoms with E-state index in [0.29, 0.717) is 19.4 Å². The Morgan fingerprint density at radius 1 is 1.33 bits per heavy atom. The lowest BCUT2D eigenvalue weighted by molar-refractivity contribution is -0.200. The Labute approximate surface area is 178 Å². The molecular weight excluding hydrogens is 382 g/mol. The van der Waals surface area contributed by atoms with Crippen LogP contribution in [0.3, 0.4) is 0 Å². The number of hydrogen-bond donors (Lipinski definition) is 4. The third-order valence-electron chi connectivity index (χ3n) is 8.96. The number of nitrogens with one attached hydrogen (secondary N) is 1. The van der Waals surface area contributed by atoms with Gasteiger partial charge >= 0.3 is 0 Å². The lowest BCUT2D eigenvalue weighted by Crippen LogP contribution is -2.64. The zero-order chi connectivity index (χ0) is 21.9. The highest BCUT2D eigenvalue weighted by molar-refractivity contribution is 6.01. The Morgan fingerprint density at radius 3 is 2.77 bits per heavy atom. The van der Waals surface area contributed by atoms with Gasteiger partial charge in [0.2, 0.25) is 0 Å². The van der Waals surface area contributed by atoms with Gasteiger partial charge in [0.15, 0.2) is 11.9 Å². The molecular formula is C24H35NO5. The molecule has 0 unspecified atom stereocenters. The van der Waals surface area contributed by atoms with Crippen molar-refractivity contribution in [2.24, 2.45) is 28.6 Å².